The summed E-state index contributed by atoms with van der Waals surface area (Å²) in [5, 5.41) is 15.9. The highest BCUT2D eigenvalue weighted by Crippen LogP contribution is 2.34. The van der Waals surface area contributed by atoms with E-state index in [1.165, 1.54) is 15.6 Å². The number of rotatable bonds is 4. The first-order valence-electron chi connectivity index (χ1n) is 5.84. The number of nitrogens with one attached hydrogen (secondary N) is 1. The van der Waals surface area contributed by atoms with Crippen molar-refractivity contribution in [2.24, 2.45) is 5.92 Å². The molecule has 88 valence electrons. The summed E-state index contributed by atoms with van der Waals surface area (Å²) in [6, 6.07) is 10.9. The second kappa shape index (κ2) is 5.31. The van der Waals surface area contributed by atoms with Gasteiger partial charge in [0.2, 0.25) is 0 Å². The number of thiophene rings is 1. The van der Waals surface area contributed by atoms with Gasteiger partial charge in [0.05, 0.1) is 12.0 Å². The second-order valence-corrected chi connectivity index (χ2v) is 5.01. The van der Waals surface area contributed by atoms with Crippen LogP contribution >= 0.6 is 11.3 Å². The summed E-state index contributed by atoms with van der Waals surface area (Å²) < 4.78 is 1.29. The van der Waals surface area contributed by atoms with Crippen LogP contribution in [0.15, 0.2) is 29.6 Å². The molecule has 3 heteroatoms. The number of fused-ring (bicyclic) bond motifs is 1. The van der Waals surface area contributed by atoms with Gasteiger partial charge < -0.3 is 5.32 Å². The van der Waals surface area contributed by atoms with Crippen LogP contribution in [0.3, 0.4) is 0 Å². The average molecular weight is 244 g/mol. The third kappa shape index (κ3) is 2.19. The Bertz CT molecular complexity index is 538. The highest BCUT2D eigenvalue weighted by atomic mass is 32.1. The molecule has 0 spiro atoms. The molecule has 2 aromatic rings. The van der Waals surface area contributed by atoms with E-state index in [0.717, 1.165) is 6.42 Å². The Morgan fingerprint density at radius 2 is 2.18 bits per heavy atom. The smallest absolute Gasteiger partial charge is 0.0675 e. The molecular formula is C14H16N2S. The first-order valence-corrected chi connectivity index (χ1v) is 6.72. The Morgan fingerprint density at radius 1 is 1.41 bits per heavy atom. The van der Waals surface area contributed by atoms with Gasteiger partial charge in [-0.05, 0) is 35.9 Å². The van der Waals surface area contributed by atoms with E-state index >= 15 is 0 Å². The monoisotopic (exact) mass is 244 g/mol. The molecular weight excluding hydrogens is 228 g/mol. The number of nitrogens with zero attached hydrogens (tertiary/aromatic N) is 1. The largest absolute Gasteiger partial charge is 0.312 e. The van der Waals surface area contributed by atoms with Gasteiger partial charge in [0.1, 0.15) is 0 Å². The van der Waals surface area contributed by atoms with E-state index in [4.69, 9.17) is 0 Å². The summed E-state index contributed by atoms with van der Waals surface area (Å²) in [5.74, 6) is 0.0259. The number of hydrogen-bond acceptors (Lipinski definition) is 3. The number of hydrogen-bond donors (Lipinski definition) is 1. The maximum Gasteiger partial charge on any atom is 0.0675 e. The molecule has 0 aliphatic carbocycles. The fraction of sp³-hybridized carbons (Fsp3) is 0.357. The first-order chi connectivity index (χ1) is 8.31. The van der Waals surface area contributed by atoms with Crippen LogP contribution in [0.2, 0.25) is 0 Å². The SMILES string of the molecule is CCC(C#N)C(NC)c1csc2ccccc12. The summed E-state index contributed by atoms with van der Waals surface area (Å²) >= 11 is 1.75. The molecule has 0 bridgehead atoms. The van der Waals surface area contributed by atoms with Crippen molar-refractivity contribution in [1.29, 1.82) is 5.26 Å². The fourth-order valence-corrected chi connectivity index (χ4v) is 3.21. The van der Waals surface area contributed by atoms with Crippen LogP contribution in [-0.4, -0.2) is 7.05 Å². The van der Waals surface area contributed by atoms with Gasteiger partial charge in [-0.2, -0.15) is 5.26 Å². The summed E-state index contributed by atoms with van der Waals surface area (Å²) in [7, 11) is 1.93. The van der Waals surface area contributed by atoms with Crippen LogP contribution in [0.5, 0.6) is 0 Å². The van der Waals surface area contributed by atoms with Gasteiger partial charge in [0.25, 0.3) is 0 Å². The van der Waals surface area contributed by atoms with Crippen LogP contribution in [0.4, 0.5) is 0 Å². The van der Waals surface area contributed by atoms with Gasteiger partial charge in [0, 0.05) is 10.7 Å². The molecule has 2 nitrogen and oxygen atoms in total. The van der Waals surface area contributed by atoms with Gasteiger partial charge in [-0.15, -0.1) is 11.3 Å². The predicted octanol–water partition coefficient (Wildman–Crippen LogP) is 3.71. The summed E-state index contributed by atoms with van der Waals surface area (Å²) in [6.45, 7) is 2.06. The highest BCUT2D eigenvalue weighted by Gasteiger charge is 2.22. The van der Waals surface area contributed by atoms with Crippen LogP contribution in [0, 0.1) is 17.2 Å². The summed E-state index contributed by atoms with van der Waals surface area (Å²) in [4.78, 5) is 0. The molecule has 1 aromatic carbocycles. The van der Waals surface area contributed by atoms with Crippen molar-refractivity contribution in [1.82, 2.24) is 5.32 Å². The van der Waals surface area contributed by atoms with Crippen LogP contribution < -0.4 is 5.32 Å². The maximum absolute atomic E-state index is 9.21. The Hall–Kier alpha value is -1.37. The van der Waals surface area contributed by atoms with E-state index in [1.54, 1.807) is 11.3 Å². The molecule has 2 rings (SSSR count). The third-order valence-electron chi connectivity index (χ3n) is 3.17. The molecule has 17 heavy (non-hydrogen) atoms. The van der Waals surface area contributed by atoms with Crippen LogP contribution in [0.25, 0.3) is 10.1 Å². The van der Waals surface area contributed by atoms with Crippen molar-refractivity contribution in [3.8, 4) is 6.07 Å². The van der Waals surface area contributed by atoms with Crippen molar-refractivity contribution in [2.75, 3.05) is 7.05 Å². The van der Waals surface area contributed by atoms with E-state index in [2.05, 4.69) is 48.0 Å². The zero-order chi connectivity index (χ0) is 12.3. The van der Waals surface area contributed by atoms with Gasteiger partial charge in [-0.1, -0.05) is 25.1 Å². The van der Waals surface area contributed by atoms with Crippen molar-refractivity contribution in [2.45, 2.75) is 19.4 Å². The van der Waals surface area contributed by atoms with Gasteiger partial charge in [-0.25, -0.2) is 0 Å². The zero-order valence-corrected chi connectivity index (χ0v) is 10.9. The highest BCUT2D eigenvalue weighted by molar-refractivity contribution is 7.17. The Morgan fingerprint density at radius 3 is 2.82 bits per heavy atom. The summed E-state index contributed by atoms with van der Waals surface area (Å²) in [5.41, 5.74) is 1.25. The molecule has 0 radical (unpaired) electrons. The summed E-state index contributed by atoms with van der Waals surface area (Å²) in [6.07, 6.45) is 0.867. The molecule has 1 N–H and O–H groups in total. The molecule has 0 saturated carbocycles. The molecule has 0 fully saturated rings. The predicted molar refractivity (Wildman–Crippen MR) is 73.0 cm³/mol. The van der Waals surface area contributed by atoms with E-state index in [9.17, 15) is 5.26 Å². The van der Waals surface area contributed by atoms with E-state index < -0.39 is 0 Å². The van der Waals surface area contributed by atoms with Crippen molar-refractivity contribution >= 4 is 21.4 Å². The zero-order valence-electron chi connectivity index (χ0n) is 10.1. The molecule has 0 aliphatic heterocycles. The lowest BCUT2D eigenvalue weighted by Gasteiger charge is -2.20. The topological polar surface area (TPSA) is 35.8 Å². The minimum Gasteiger partial charge on any atom is -0.312 e. The molecule has 0 aliphatic rings. The second-order valence-electron chi connectivity index (χ2n) is 4.10. The van der Waals surface area contributed by atoms with Crippen LogP contribution in [-0.2, 0) is 0 Å². The van der Waals surface area contributed by atoms with E-state index in [-0.39, 0.29) is 12.0 Å². The normalized spacial score (nSPS) is 14.4. The Balaban J connectivity index is 2.47. The number of benzene rings is 1. The lowest BCUT2D eigenvalue weighted by molar-refractivity contribution is 0.452. The molecule has 0 amide bonds. The van der Waals surface area contributed by atoms with Gasteiger partial charge in [0.15, 0.2) is 0 Å². The standard InChI is InChI=1S/C14H16N2S/c1-3-10(8-15)14(16-2)12-9-17-13-7-5-4-6-11(12)13/h4-7,9-10,14,16H,3H2,1-2H3. The van der Waals surface area contributed by atoms with Gasteiger partial charge in [-0.3, -0.25) is 0 Å². The third-order valence-corrected chi connectivity index (χ3v) is 4.15. The number of nitriles is 1. The van der Waals surface area contributed by atoms with Crippen molar-refractivity contribution < 1.29 is 0 Å². The van der Waals surface area contributed by atoms with Crippen molar-refractivity contribution in [3.63, 3.8) is 0 Å². The molecule has 2 atom stereocenters. The Kier molecular flexibility index (Phi) is 3.78. The quantitative estimate of drug-likeness (QED) is 0.890. The fourth-order valence-electron chi connectivity index (χ4n) is 2.21. The lowest BCUT2D eigenvalue weighted by Crippen LogP contribution is -2.23. The first kappa shape index (κ1) is 12.1. The average Bonchev–Trinajstić information content (AvgIpc) is 2.79. The van der Waals surface area contributed by atoms with Gasteiger partial charge >= 0.3 is 0 Å². The minimum atomic E-state index is 0.0259. The maximum atomic E-state index is 9.21. The molecule has 1 aromatic heterocycles. The van der Waals surface area contributed by atoms with E-state index in [0.29, 0.717) is 0 Å². The van der Waals surface area contributed by atoms with Crippen molar-refractivity contribution in [3.05, 3.63) is 35.2 Å². The Labute approximate surface area is 106 Å². The molecule has 0 saturated heterocycles. The van der Waals surface area contributed by atoms with Crippen LogP contribution in [0.1, 0.15) is 24.9 Å². The molecule has 2 unspecified atom stereocenters. The lowest BCUT2D eigenvalue weighted by atomic mass is 9.92. The minimum absolute atomic E-state index is 0.0259. The van der Waals surface area contributed by atoms with E-state index in [1.807, 2.05) is 7.05 Å². The molecule has 1 heterocycles.